The Morgan fingerprint density at radius 2 is 1.85 bits per heavy atom. The van der Waals surface area contributed by atoms with Gasteiger partial charge in [0.05, 0.1) is 0 Å². The van der Waals surface area contributed by atoms with Gasteiger partial charge in [0.1, 0.15) is 0 Å². The van der Waals surface area contributed by atoms with E-state index in [1.165, 1.54) is 19.5 Å². The highest BCUT2D eigenvalue weighted by atomic mass is 15.1. The Morgan fingerprint density at radius 1 is 1.23 bits per heavy atom. The lowest BCUT2D eigenvalue weighted by atomic mass is 9.96. The van der Waals surface area contributed by atoms with Gasteiger partial charge in [-0.15, -0.1) is 6.58 Å². The van der Waals surface area contributed by atoms with E-state index >= 15 is 0 Å². The summed E-state index contributed by atoms with van der Waals surface area (Å²) in [6.07, 6.45) is 4.36. The van der Waals surface area contributed by atoms with E-state index < -0.39 is 0 Å². The van der Waals surface area contributed by atoms with Crippen LogP contribution in [0, 0.1) is 5.41 Å². The molecule has 0 aliphatic rings. The van der Waals surface area contributed by atoms with E-state index in [0.29, 0.717) is 5.41 Å². The Bertz CT molecular complexity index is 133. The lowest BCUT2D eigenvalue weighted by Gasteiger charge is -2.29. The van der Waals surface area contributed by atoms with E-state index in [1.54, 1.807) is 0 Å². The molecule has 0 aromatic rings. The van der Waals surface area contributed by atoms with Crippen LogP contribution in [0.2, 0.25) is 0 Å². The zero-order valence-electron chi connectivity index (χ0n) is 9.77. The minimum absolute atomic E-state index is 0.413. The van der Waals surface area contributed by atoms with Crippen LogP contribution in [0.25, 0.3) is 0 Å². The van der Waals surface area contributed by atoms with Gasteiger partial charge in [-0.25, -0.2) is 0 Å². The standard InChI is InChI=1S/C12H25N/c1-6-8-10-13(9-7-2)11-12(3,4)5/h6H,1,7-11H2,2-5H3. The summed E-state index contributed by atoms with van der Waals surface area (Å²) >= 11 is 0. The predicted molar refractivity (Wildman–Crippen MR) is 61.0 cm³/mol. The molecule has 0 spiro atoms. The third-order valence-corrected chi connectivity index (χ3v) is 1.89. The summed E-state index contributed by atoms with van der Waals surface area (Å²) in [6, 6.07) is 0. The molecule has 0 saturated carbocycles. The first-order valence-corrected chi connectivity index (χ1v) is 5.33. The molecule has 0 bridgehead atoms. The third kappa shape index (κ3) is 8.04. The summed E-state index contributed by atoms with van der Waals surface area (Å²) in [5.74, 6) is 0. The quantitative estimate of drug-likeness (QED) is 0.571. The summed E-state index contributed by atoms with van der Waals surface area (Å²) in [5, 5.41) is 0. The molecular weight excluding hydrogens is 158 g/mol. The van der Waals surface area contributed by atoms with Crippen molar-refractivity contribution in [1.29, 1.82) is 0 Å². The van der Waals surface area contributed by atoms with Crippen molar-refractivity contribution in [2.45, 2.75) is 40.5 Å². The Hall–Kier alpha value is -0.300. The number of hydrogen-bond acceptors (Lipinski definition) is 1. The summed E-state index contributed by atoms with van der Waals surface area (Å²) in [7, 11) is 0. The molecule has 0 rings (SSSR count). The molecule has 78 valence electrons. The van der Waals surface area contributed by atoms with Gasteiger partial charge >= 0.3 is 0 Å². The Balaban J connectivity index is 3.86. The molecule has 0 aromatic heterocycles. The Kier molecular flexibility index (Phi) is 6.06. The highest BCUT2D eigenvalue weighted by Gasteiger charge is 2.14. The van der Waals surface area contributed by atoms with E-state index in [0.717, 1.165) is 13.0 Å². The minimum atomic E-state index is 0.413. The van der Waals surface area contributed by atoms with Crippen molar-refractivity contribution in [2.24, 2.45) is 5.41 Å². The van der Waals surface area contributed by atoms with Crippen LogP contribution in [-0.4, -0.2) is 24.5 Å². The van der Waals surface area contributed by atoms with Crippen molar-refractivity contribution in [3.8, 4) is 0 Å². The molecule has 0 atom stereocenters. The lowest BCUT2D eigenvalue weighted by Crippen LogP contribution is -2.33. The fraction of sp³-hybridized carbons (Fsp3) is 0.833. The maximum Gasteiger partial charge on any atom is 0.00302 e. The predicted octanol–water partition coefficient (Wildman–Crippen LogP) is 3.32. The molecule has 1 heteroatoms. The fourth-order valence-electron chi connectivity index (χ4n) is 1.53. The van der Waals surface area contributed by atoms with Crippen molar-refractivity contribution in [3.63, 3.8) is 0 Å². The van der Waals surface area contributed by atoms with E-state index in [1.807, 2.05) is 6.08 Å². The molecule has 13 heavy (non-hydrogen) atoms. The highest BCUT2D eigenvalue weighted by molar-refractivity contribution is 4.73. The van der Waals surface area contributed by atoms with Crippen LogP contribution >= 0.6 is 0 Å². The first-order chi connectivity index (χ1) is 5.99. The SMILES string of the molecule is C=CCCN(CCC)CC(C)(C)C. The summed E-state index contributed by atoms with van der Waals surface area (Å²) < 4.78 is 0. The molecule has 0 heterocycles. The normalized spacial score (nSPS) is 12.1. The molecule has 0 aromatic carbocycles. The number of rotatable bonds is 6. The van der Waals surface area contributed by atoms with E-state index in [9.17, 15) is 0 Å². The molecule has 0 aliphatic heterocycles. The van der Waals surface area contributed by atoms with Crippen LogP contribution in [0.15, 0.2) is 12.7 Å². The second-order valence-corrected chi connectivity index (χ2v) is 4.91. The monoisotopic (exact) mass is 183 g/mol. The summed E-state index contributed by atoms with van der Waals surface area (Å²) in [4.78, 5) is 2.53. The van der Waals surface area contributed by atoms with Gasteiger partial charge in [-0.3, -0.25) is 0 Å². The maximum absolute atomic E-state index is 3.76. The lowest BCUT2D eigenvalue weighted by molar-refractivity contribution is 0.194. The van der Waals surface area contributed by atoms with E-state index in [4.69, 9.17) is 0 Å². The molecular formula is C12H25N. The molecule has 0 unspecified atom stereocenters. The average Bonchev–Trinajstić information content (AvgIpc) is 1.98. The Morgan fingerprint density at radius 3 is 2.23 bits per heavy atom. The van der Waals surface area contributed by atoms with Crippen LogP contribution < -0.4 is 0 Å². The highest BCUT2D eigenvalue weighted by Crippen LogP contribution is 2.15. The first kappa shape index (κ1) is 12.7. The number of hydrogen-bond donors (Lipinski definition) is 0. The van der Waals surface area contributed by atoms with Crippen molar-refractivity contribution in [1.82, 2.24) is 4.90 Å². The van der Waals surface area contributed by atoms with Gasteiger partial charge in [0.15, 0.2) is 0 Å². The largest absolute Gasteiger partial charge is 0.303 e. The maximum atomic E-state index is 3.76. The van der Waals surface area contributed by atoms with E-state index in [2.05, 4.69) is 39.2 Å². The van der Waals surface area contributed by atoms with Gasteiger partial charge in [-0.2, -0.15) is 0 Å². The van der Waals surface area contributed by atoms with Crippen molar-refractivity contribution < 1.29 is 0 Å². The molecule has 0 aliphatic carbocycles. The molecule has 0 N–H and O–H groups in total. The zero-order chi connectivity index (χ0) is 10.3. The molecule has 0 amide bonds. The average molecular weight is 183 g/mol. The number of nitrogens with zero attached hydrogens (tertiary/aromatic N) is 1. The van der Waals surface area contributed by atoms with Gasteiger partial charge in [0.25, 0.3) is 0 Å². The smallest absolute Gasteiger partial charge is 0.00302 e. The molecule has 0 radical (unpaired) electrons. The molecule has 0 fully saturated rings. The second-order valence-electron chi connectivity index (χ2n) is 4.91. The van der Waals surface area contributed by atoms with Crippen LogP contribution in [0.5, 0.6) is 0 Å². The topological polar surface area (TPSA) is 3.24 Å². The van der Waals surface area contributed by atoms with E-state index in [-0.39, 0.29) is 0 Å². The minimum Gasteiger partial charge on any atom is -0.303 e. The summed E-state index contributed by atoms with van der Waals surface area (Å²) in [5.41, 5.74) is 0.413. The summed E-state index contributed by atoms with van der Waals surface area (Å²) in [6.45, 7) is 16.5. The Labute approximate surface area is 83.8 Å². The van der Waals surface area contributed by atoms with Crippen LogP contribution in [0.1, 0.15) is 40.5 Å². The van der Waals surface area contributed by atoms with Gasteiger partial charge in [0.2, 0.25) is 0 Å². The zero-order valence-corrected chi connectivity index (χ0v) is 9.77. The molecule has 1 nitrogen and oxygen atoms in total. The van der Waals surface area contributed by atoms with Crippen molar-refractivity contribution >= 4 is 0 Å². The first-order valence-electron chi connectivity index (χ1n) is 5.33. The van der Waals surface area contributed by atoms with Crippen LogP contribution in [0.4, 0.5) is 0 Å². The van der Waals surface area contributed by atoms with Gasteiger partial charge in [-0.1, -0.05) is 33.8 Å². The second kappa shape index (κ2) is 6.20. The van der Waals surface area contributed by atoms with Gasteiger partial charge in [-0.05, 0) is 24.8 Å². The molecule has 0 saturated heterocycles. The third-order valence-electron chi connectivity index (χ3n) is 1.89. The van der Waals surface area contributed by atoms with Gasteiger partial charge in [0, 0.05) is 13.1 Å². The van der Waals surface area contributed by atoms with Crippen LogP contribution in [-0.2, 0) is 0 Å². The van der Waals surface area contributed by atoms with Gasteiger partial charge < -0.3 is 4.90 Å². The van der Waals surface area contributed by atoms with Crippen molar-refractivity contribution in [3.05, 3.63) is 12.7 Å². The van der Waals surface area contributed by atoms with Crippen LogP contribution in [0.3, 0.4) is 0 Å². The van der Waals surface area contributed by atoms with Crippen molar-refractivity contribution in [2.75, 3.05) is 19.6 Å². The fourth-order valence-corrected chi connectivity index (χ4v) is 1.53.